The Morgan fingerprint density at radius 2 is 2.00 bits per heavy atom. The molecule has 0 fully saturated rings. The Balaban J connectivity index is 2.32. The van der Waals surface area contributed by atoms with Gasteiger partial charge in [0.1, 0.15) is 12.4 Å². The number of halogens is 1. The molecular formula is C15H15FN2O3. The lowest BCUT2D eigenvalue weighted by atomic mass is 10.1. The number of hydrogen-bond donors (Lipinski definition) is 0. The van der Waals surface area contributed by atoms with Crippen LogP contribution in [-0.2, 0) is 16.1 Å². The van der Waals surface area contributed by atoms with E-state index in [0.717, 1.165) is 4.68 Å². The Kier molecular flexibility index (Phi) is 4.47. The molecule has 5 nitrogen and oxygen atoms in total. The summed E-state index contributed by atoms with van der Waals surface area (Å²) in [5, 5.41) is 4.01. The summed E-state index contributed by atoms with van der Waals surface area (Å²) >= 11 is 0. The average molecular weight is 290 g/mol. The van der Waals surface area contributed by atoms with Gasteiger partial charge in [-0.05, 0) is 32.0 Å². The molecule has 0 radical (unpaired) electrons. The quantitative estimate of drug-likeness (QED) is 0.808. The second-order valence-electron chi connectivity index (χ2n) is 4.73. The summed E-state index contributed by atoms with van der Waals surface area (Å²) in [5.74, 6) is -1.01. The Hall–Kier alpha value is -2.50. The average Bonchev–Trinajstić information content (AvgIpc) is 2.41. The van der Waals surface area contributed by atoms with Crippen LogP contribution in [-0.4, -0.2) is 21.9 Å². The van der Waals surface area contributed by atoms with Crippen LogP contribution in [0.15, 0.2) is 41.2 Å². The van der Waals surface area contributed by atoms with E-state index in [2.05, 4.69) is 5.10 Å². The highest BCUT2D eigenvalue weighted by atomic mass is 19.1. The highest BCUT2D eigenvalue weighted by Crippen LogP contribution is 2.18. The number of ether oxygens (including phenoxy) is 1. The Labute approximate surface area is 121 Å². The second kappa shape index (κ2) is 6.30. The molecule has 0 aliphatic heterocycles. The number of aromatic nitrogens is 2. The molecule has 2 rings (SSSR count). The molecule has 0 aliphatic carbocycles. The van der Waals surface area contributed by atoms with E-state index >= 15 is 0 Å². The van der Waals surface area contributed by atoms with Crippen LogP contribution in [0.5, 0.6) is 0 Å². The van der Waals surface area contributed by atoms with Gasteiger partial charge in [0.25, 0.3) is 5.56 Å². The van der Waals surface area contributed by atoms with Gasteiger partial charge in [-0.15, -0.1) is 0 Å². The number of carbonyl (C=O) groups excluding carboxylic acids is 1. The molecule has 1 aromatic carbocycles. The van der Waals surface area contributed by atoms with Gasteiger partial charge in [0.05, 0.1) is 11.8 Å². The van der Waals surface area contributed by atoms with E-state index in [0.29, 0.717) is 0 Å². The molecule has 6 heteroatoms. The van der Waals surface area contributed by atoms with Crippen LogP contribution in [0, 0.1) is 5.82 Å². The highest BCUT2D eigenvalue weighted by Gasteiger charge is 2.11. The predicted molar refractivity (Wildman–Crippen MR) is 75.1 cm³/mol. The van der Waals surface area contributed by atoms with Crippen LogP contribution in [0.25, 0.3) is 11.3 Å². The van der Waals surface area contributed by atoms with Crippen LogP contribution in [0.2, 0.25) is 0 Å². The zero-order valence-corrected chi connectivity index (χ0v) is 11.7. The Morgan fingerprint density at radius 3 is 2.67 bits per heavy atom. The van der Waals surface area contributed by atoms with Crippen LogP contribution < -0.4 is 5.56 Å². The lowest BCUT2D eigenvalue weighted by molar-refractivity contribution is -0.148. The maximum absolute atomic E-state index is 13.7. The third-order valence-electron chi connectivity index (χ3n) is 2.66. The van der Waals surface area contributed by atoms with E-state index in [1.165, 1.54) is 18.2 Å². The van der Waals surface area contributed by atoms with Crippen molar-refractivity contribution in [2.75, 3.05) is 0 Å². The van der Waals surface area contributed by atoms with Gasteiger partial charge < -0.3 is 4.74 Å². The zero-order chi connectivity index (χ0) is 15.4. The molecular weight excluding hydrogens is 275 g/mol. The molecule has 0 bridgehead atoms. The van der Waals surface area contributed by atoms with Gasteiger partial charge >= 0.3 is 5.97 Å². The van der Waals surface area contributed by atoms with Crippen molar-refractivity contribution >= 4 is 5.97 Å². The van der Waals surface area contributed by atoms with E-state index < -0.39 is 17.3 Å². The molecule has 110 valence electrons. The lowest BCUT2D eigenvalue weighted by Crippen LogP contribution is -2.28. The van der Waals surface area contributed by atoms with Gasteiger partial charge in [0.15, 0.2) is 0 Å². The summed E-state index contributed by atoms with van der Waals surface area (Å²) in [6.07, 6.45) is -0.275. The van der Waals surface area contributed by atoms with Crippen molar-refractivity contribution in [3.63, 3.8) is 0 Å². The van der Waals surface area contributed by atoms with Crippen LogP contribution in [0.4, 0.5) is 4.39 Å². The van der Waals surface area contributed by atoms with E-state index in [1.807, 2.05) is 0 Å². The molecule has 0 atom stereocenters. The van der Waals surface area contributed by atoms with Crippen molar-refractivity contribution in [1.82, 2.24) is 9.78 Å². The number of esters is 1. The van der Waals surface area contributed by atoms with Crippen molar-refractivity contribution < 1.29 is 13.9 Å². The summed E-state index contributed by atoms with van der Waals surface area (Å²) in [6, 6.07) is 8.76. The van der Waals surface area contributed by atoms with Gasteiger partial charge in [0, 0.05) is 11.6 Å². The van der Waals surface area contributed by atoms with Gasteiger partial charge in [-0.3, -0.25) is 9.59 Å². The van der Waals surface area contributed by atoms with Crippen molar-refractivity contribution in [1.29, 1.82) is 0 Å². The molecule has 0 unspecified atom stereocenters. The first-order valence-electron chi connectivity index (χ1n) is 6.50. The summed E-state index contributed by atoms with van der Waals surface area (Å²) in [7, 11) is 0. The first-order valence-corrected chi connectivity index (χ1v) is 6.50. The number of nitrogens with zero attached hydrogens (tertiary/aromatic N) is 2. The molecule has 0 N–H and O–H groups in total. The fourth-order valence-electron chi connectivity index (χ4n) is 1.80. The lowest BCUT2D eigenvalue weighted by Gasteiger charge is -2.10. The largest absolute Gasteiger partial charge is 0.462 e. The van der Waals surface area contributed by atoms with Gasteiger partial charge in [-0.25, -0.2) is 9.07 Å². The smallest absolute Gasteiger partial charge is 0.328 e. The summed E-state index contributed by atoms with van der Waals surface area (Å²) in [6.45, 7) is 3.12. The van der Waals surface area contributed by atoms with Gasteiger partial charge in [0.2, 0.25) is 0 Å². The van der Waals surface area contributed by atoms with Crippen molar-refractivity contribution in [2.24, 2.45) is 0 Å². The second-order valence-corrected chi connectivity index (χ2v) is 4.73. The van der Waals surface area contributed by atoms with Gasteiger partial charge in [-0.1, -0.05) is 12.1 Å². The van der Waals surface area contributed by atoms with E-state index in [4.69, 9.17) is 4.74 Å². The Morgan fingerprint density at radius 1 is 1.29 bits per heavy atom. The molecule has 0 saturated carbocycles. The maximum atomic E-state index is 13.7. The highest BCUT2D eigenvalue weighted by molar-refractivity contribution is 5.69. The first kappa shape index (κ1) is 14.9. The first-order chi connectivity index (χ1) is 9.97. The number of hydrogen-bond acceptors (Lipinski definition) is 4. The molecule has 21 heavy (non-hydrogen) atoms. The molecule has 0 saturated heterocycles. The standard InChI is InChI=1S/C15H15FN2O3/c1-10(2)21-15(20)9-18-14(19)8-7-13(17-18)11-5-3-4-6-12(11)16/h3-8,10H,9H2,1-2H3. The Bertz CT molecular complexity index is 710. The van der Waals surface area contributed by atoms with E-state index in [9.17, 15) is 14.0 Å². The summed E-state index contributed by atoms with van der Waals surface area (Å²) in [5.41, 5.74) is 0.101. The van der Waals surface area contributed by atoms with Crippen molar-refractivity contribution in [2.45, 2.75) is 26.5 Å². The minimum atomic E-state index is -0.565. The van der Waals surface area contributed by atoms with E-state index in [-0.39, 0.29) is 23.9 Å². The van der Waals surface area contributed by atoms with Gasteiger partial charge in [-0.2, -0.15) is 5.10 Å². The molecule has 1 aromatic heterocycles. The third-order valence-corrected chi connectivity index (χ3v) is 2.66. The SMILES string of the molecule is CC(C)OC(=O)Cn1nc(-c2ccccc2F)ccc1=O. The fraction of sp³-hybridized carbons (Fsp3) is 0.267. The van der Waals surface area contributed by atoms with Crippen molar-refractivity contribution in [3.8, 4) is 11.3 Å². The van der Waals surface area contributed by atoms with Crippen LogP contribution >= 0.6 is 0 Å². The summed E-state index contributed by atoms with van der Waals surface area (Å²) in [4.78, 5) is 23.3. The van der Waals surface area contributed by atoms with Crippen LogP contribution in [0.3, 0.4) is 0 Å². The fourth-order valence-corrected chi connectivity index (χ4v) is 1.80. The topological polar surface area (TPSA) is 61.2 Å². The summed E-state index contributed by atoms with van der Waals surface area (Å²) < 4.78 is 19.7. The van der Waals surface area contributed by atoms with E-state index in [1.54, 1.807) is 32.0 Å². The maximum Gasteiger partial charge on any atom is 0.328 e. The monoisotopic (exact) mass is 290 g/mol. The van der Waals surface area contributed by atoms with Crippen LogP contribution in [0.1, 0.15) is 13.8 Å². The molecule has 2 aromatic rings. The minimum Gasteiger partial charge on any atom is -0.462 e. The molecule has 0 aliphatic rings. The minimum absolute atomic E-state index is 0.267. The molecule has 0 spiro atoms. The normalized spacial score (nSPS) is 10.7. The van der Waals surface area contributed by atoms with Crippen molar-refractivity contribution in [3.05, 3.63) is 52.6 Å². The zero-order valence-electron chi connectivity index (χ0n) is 11.7. The number of carbonyl (C=O) groups is 1. The molecule has 1 heterocycles. The third kappa shape index (κ3) is 3.75. The molecule has 0 amide bonds. The number of rotatable bonds is 4. The number of benzene rings is 1. The predicted octanol–water partition coefficient (Wildman–Crippen LogP) is 2.00.